The molecule has 0 radical (unpaired) electrons. The molecule has 2 fully saturated rings. The molecule has 16 heavy (non-hydrogen) atoms. The molecule has 1 spiro atoms. The first-order valence-corrected chi connectivity index (χ1v) is 5.85. The minimum atomic E-state index is -0.451. The topological polar surface area (TPSA) is 62.7 Å². The molecule has 0 unspecified atom stereocenters. The fourth-order valence-corrected chi connectivity index (χ4v) is 2.22. The SMILES string of the molecule is CCOC1CC2(C1)NC(=NC(C)C)NC2=O. The Morgan fingerprint density at radius 3 is 2.81 bits per heavy atom. The lowest BCUT2D eigenvalue weighted by Crippen LogP contribution is -2.59. The van der Waals surface area contributed by atoms with Gasteiger partial charge in [-0.1, -0.05) is 0 Å². The second-order valence-corrected chi connectivity index (χ2v) is 4.72. The molecule has 2 rings (SSSR count). The van der Waals surface area contributed by atoms with E-state index >= 15 is 0 Å². The normalized spacial score (nSPS) is 35.4. The molecule has 0 atom stereocenters. The third-order valence-corrected chi connectivity index (χ3v) is 2.97. The van der Waals surface area contributed by atoms with E-state index in [1.54, 1.807) is 0 Å². The van der Waals surface area contributed by atoms with Crippen LogP contribution in [-0.4, -0.2) is 36.2 Å². The lowest BCUT2D eigenvalue weighted by Gasteiger charge is -2.41. The van der Waals surface area contributed by atoms with Crippen molar-refractivity contribution in [2.24, 2.45) is 4.99 Å². The van der Waals surface area contributed by atoms with Crippen LogP contribution in [0, 0.1) is 0 Å². The van der Waals surface area contributed by atoms with Gasteiger partial charge in [0.05, 0.1) is 6.10 Å². The molecule has 0 aromatic heterocycles. The second kappa shape index (κ2) is 4.05. The van der Waals surface area contributed by atoms with Crippen LogP contribution in [0.1, 0.15) is 33.6 Å². The zero-order valence-corrected chi connectivity index (χ0v) is 10.0. The van der Waals surface area contributed by atoms with Crippen LogP contribution in [0.25, 0.3) is 0 Å². The Morgan fingerprint density at radius 1 is 1.56 bits per heavy atom. The molecule has 1 aliphatic carbocycles. The summed E-state index contributed by atoms with van der Waals surface area (Å²) in [5.74, 6) is 0.637. The summed E-state index contributed by atoms with van der Waals surface area (Å²) in [7, 11) is 0. The first-order valence-electron chi connectivity index (χ1n) is 5.85. The maximum atomic E-state index is 11.8. The lowest BCUT2D eigenvalue weighted by molar-refractivity contribution is -0.134. The van der Waals surface area contributed by atoms with Gasteiger partial charge in [0.2, 0.25) is 0 Å². The molecule has 1 saturated heterocycles. The largest absolute Gasteiger partial charge is 0.378 e. The van der Waals surface area contributed by atoms with Gasteiger partial charge in [-0.3, -0.25) is 15.1 Å². The predicted octanol–water partition coefficient (Wildman–Crippen LogP) is 0.408. The number of rotatable bonds is 3. The van der Waals surface area contributed by atoms with Crippen LogP contribution < -0.4 is 10.6 Å². The van der Waals surface area contributed by atoms with Crippen LogP contribution in [0.5, 0.6) is 0 Å². The number of guanidine groups is 1. The van der Waals surface area contributed by atoms with E-state index in [9.17, 15) is 4.79 Å². The summed E-state index contributed by atoms with van der Waals surface area (Å²) >= 11 is 0. The van der Waals surface area contributed by atoms with Gasteiger partial charge in [-0.25, -0.2) is 0 Å². The predicted molar refractivity (Wildman–Crippen MR) is 61.2 cm³/mol. The molecular weight excluding hydrogens is 206 g/mol. The number of amides is 1. The van der Waals surface area contributed by atoms with Gasteiger partial charge < -0.3 is 10.1 Å². The average Bonchev–Trinajstić information content (AvgIpc) is 2.41. The van der Waals surface area contributed by atoms with Crippen LogP contribution >= 0.6 is 0 Å². The van der Waals surface area contributed by atoms with Gasteiger partial charge in [0.1, 0.15) is 5.54 Å². The van der Waals surface area contributed by atoms with E-state index in [-0.39, 0.29) is 18.1 Å². The Bertz CT molecular complexity index is 319. The Balaban J connectivity index is 1.97. The van der Waals surface area contributed by atoms with Gasteiger partial charge >= 0.3 is 0 Å². The van der Waals surface area contributed by atoms with Crippen LogP contribution in [0.2, 0.25) is 0 Å². The smallest absolute Gasteiger partial charge is 0.252 e. The highest BCUT2D eigenvalue weighted by Gasteiger charge is 2.55. The van der Waals surface area contributed by atoms with Crippen molar-refractivity contribution < 1.29 is 9.53 Å². The minimum absolute atomic E-state index is 0.0304. The summed E-state index contributed by atoms with van der Waals surface area (Å²) in [6.07, 6.45) is 1.69. The van der Waals surface area contributed by atoms with Crippen molar-refractivity contribution in [2.75, 3.05) is 6.61 Å². The fourth-order valence-electron chi connectivity index (χ4n) is 2.22. The molecule has 0 aromatic carbocycles. The lowest BCUT2D eigenvalue weighted by atomic mass is 9.74. The van der Waals surface area contributed by atoms with E-state index in [0.29, 0.717) is 12.6 Å². The number of hydrogen-bond donors (Lipinski definition) is 2. The molecule has 1 heterocycles. The second-order valence-electron chi connectivity index (χ2n) is 4.72. The zero-order valence-electron chi connectivity index (χ0n) is 10.0. The number of nitrogens with one attached hydrogen (secondary N) is 2. The van der Waals surface area contributed by atoms with E-state index in [4.69, 9.17) is 4.74 Å². The first kappa shape index (κ1) is 11.4. The molecule has 1 aliphatic heterocycles. The number of aliphatic imine (C=N–C) groups is 1. The average molecular weight is 225 g/mol. The van der Waals surface area contributed by atoms with Crippen molar-refractivity contribution in [3.8, 4) is 0 Å². The zero-order chi connectivity index (χ0) is 11.8. The quantitative estimate of drug-likeness (QED) is 0.731. The summed E-state index contributed by atoms with van der Waals surface area (Å²) in [6, 6.07) is 0.181. The van der Waals surface area contributed by atoms with Crippen molar-refractivity contribution in [3.05, 3.63) is 0 Å². The van der Waals surface area contributed by atoms with E-state index in [2.05, 4.69) is 15.6 Å². The molecule has 1 saturated carbocycles. The summed E-state index contributed by atoms with van der Waals surface area (Å²) in [5.41, 5.74) is -0.451. The van der Waals surface area contributed by atoms with Gasteiger partial charge in [-0.15, -0.1) is 0 Å². The highest BCUT2D eigenvalue weighted by atomic mass is 16.5. The minimum Gasteiger partial charge on any atom is -0.378 e. The molecular formula is C11H19N3O2. The van der Waals surface area contributed by atoms with Crippen LogP contribution in [0.4, 0.5) is 0 Å². The Labute approximate surface area is 95.6 Å². The molecule has 1 amide bonds. The number of nitrogens with zero attached hydrogens (tertiary/aromatic N) is 1. The van der Waals surface area contributed by atoms with Gasteiger partial charge in [-0.05, 0) is 20.8 Å². The highest BCUT2D eigenvalue weighted by Crippen LogP contribution is 2.36. The van der Waals surface area contributed by atoms with Crippen LogP contribution in [-0.2, 0) is 9.53 Å². The van der Waals surface area contributed by atoms with Crippen molar-refractivity contribution in [2.45, 2.75) is 51.3 Å². The number of carbonyl (C=O) groups excluding carboxylic acids is 1. The first-order chi connectivity index (χ1) is 7.55. The Kier molecular flexibility index (Phi) is 2.88. The number of hydrogen-bond acceptors (Lipinski definition) is 3. The van der Waals surface area contributed by atoms with Crippen LogP contribution in [0.15, 0.2) is 4.99 Å². The standard InChI is InChI=1S/C11H19N3O2/c1-4-16-8-5-11(6-8)9(15)13-10(14-11)12-7(2)3/h7-8H,4-6H2,1-3H3,(H2,12,13,14,15). The Morgan fingerprint density at radius 2 is 2.25 bits per heavy atom. The summed E-state index contributed by atoms with van der Waals surface area (Å²) in [5, 5.41) is 5.97. The van der Waals surface area contributed by atoms with Gasteiger partial charge in [0.15, 0.2) is 5.96 Å². The van der Waals surface area contributed by atoms with Crippen molar-refractivity contribution in [1.29, 1.82) is 0 Å². The van der Waals surface area contributed by atoms with Crippen molar-refractivity contribution in [1.82, 2.24) is 10.6 Å². The molecule has 0 bridgehead atoms. The van der Waals surface area contributed by atoms with Crippen molar-refractivity contribution in [3.63, 3.8) is 0 Å². The van der Waals surface area contributed by atoms with Gasteiger partial charge in [0, 0.05) is 25.5 Å². The maximum absolute atomic E-state index is 11.8. The van der Waals surface area contributed by atoms with E-state index < -0.39 is 5.54 Å². The third-order valence-electron chi connectivity index (χ3n) is 2.97. The molecule has 2 aliphatic rings. The van der Waals surface area contributed by atoms with Gasteiger partial charge in [-0.2, -0.15) is 0 Å². The number of carbonyl (C=O) groups is 1. The maximum Gasteiger partial charge on any atom is 0.252 e. The molecule has 0 aromatic rings. The molecule has 5 heteroatoms. The number of ether oxygens (including phenoxy) is 1. The van der Waals surface area contributed by atoms with E-state index in [1.807, 2.05) is 20.8 Å². The van der Waals surface area contributed by atoms with E-state index in [0.717, 1.165) is 12.8 Å². The fraction of sp³-hybridized carbons (Fsp3) is 0.818. The summed E-state index contributed by atoms with van der Waals surface area (Å²) in [6.45, 7) is 6.64. The molecule has 90 valence electrons. The van der Waals surface area contributed by atoms with Crippen LogP contribution in [0.3, 0.4) is 0 Å². The van der Waals surface area contributed by atoms with Crippen molar-refractivity contribution >= 4 is 11.9 Å². The third kappa shape index (κ3) is 1.91. The Hall–Kier alpha value is -1.10. The summed E-state index contributed by atoms with van der Waals surface area (Å²) < 4.78 is 5.47. The molecule has 5 nitrogen and oxygen atoms in total. The van der Waals surface area contributed by atoms with Gasteiger partial charge in [0.25, 0.3) is 5.91 Å². The van der Waals surface area contributed by atoms with E-state index in [1.165, 1.54) is 0 Å². The highest BCUT2D eigenvalue weighted by molar-refractivity contribution is 6.09. The summed E-state index contributed by atoms with van der Waals surface area (Å²) in [4.78, 5) is 16.1. The monoisotopic (exact) mass is 225 g/mol. The molecule has 2 N–H and O–H groups in total.